The maximum atomic E-state index is 13.0. The van der Waals surface area contributed by atoms with Crippen molar-refractivity contribution < 1.29 is 19.5 Å². The van der Waals surface area contributed by atoms with Crippen molar-refractivity contribution in [3.8, 4) is 5.75 Å². The second-order valence-corrected chi connectivity index (χ2v) is 8.63. The van der Waals surface area contributed by atoms with Crippen molar-refractivity contribution in [2.45, 2.75) is 60.5 Å². The lowest BCUT2D eigenvalue weighted by Crippen LogP contribution is -2.46. The third-order valence-corrected chi connectivity index (χ3v) is 4.58. The van der Waals surface area contributed by atoms with Crippen LogP contribution < -0.4 is 10.9 Å². The quantitative estimate of drug-likeness (QED) is 0.589. The van der Waals surface area contributed by atoms with Gasteiger partial charge in [-0.3, -0.25) is 25.2 Å². The zero-order chi connectivity index (χ0) is 22.1. The number of fused-ring (bicyclic) bond motifs is 1. The minimum absolute atomic E-state index is 0.0291. The van der Waals surface area contributed by atoms with E-state index in [1.165, 1.54) is 0 Å². The molecule has 0 aliphatic carbocycles. The fraction of sp³-hybridized carbons (Fsp3) is 0.476. The zero-order valence-corrected chi connectivity index (χ0v) is 18.0. The highest BCUT2D eigenvalue weighted by Gasteiger charge is 2.28. The van der Waals surface area contributed by atoms with Crippen LogP contribution in [-0.2, 0) is 4.79 Å². The second-order valence-electron chi connectivity index (χ2n) is 8.63. The van der Waals surface area contributed by atoms with Crippen molar-refractivity contribution in [2.75, 3.05) is 0 Å². The normalized spacial score (nSPS) is 11.8. The Bertz CT molecular complexity index is 930. The molecule has 0 saturated heterocycles. The van der Waals surface area contributed by atoms with Gasteiger partial charge in [-0.2, -0.15) is 0 Å². The summed E-state index contributed by atoms with van der Waals surface area (Å²) in [4.78, 5) is 42.2. The van der Waals surface area contributed by atoms with Crippen LogP contribution in [0.4, 0.5) is 0 Å². The summed E-state index contributed by atoms with van der Waals surface area (Å²) in [5.41, 5.74) is 4.65. The molecule has 0 unspecified atom stereocenters. The average Bonchev–Trinajstić information content (AvgIpc) is 2.94. The zero-order valence-electron chi connectivity index (χ0n) is 18.0. The molecule has 0 fully saturated rings. The lowest BCUT2D eigenvalue weighted by molar-refractivity contribution is -0.129. The first-order valence-corrected chi connectivity index (χ1v) is 9.63. The first-order chi connectivity index (χ1) is 13.4. The van der Waals surface area contributed by atoms with Gasteiger partial charge in [0.05, 0.1) is 11.1 Å². The van der Waals surface area contributed by atoms with Crippen molar-refractivity contribution in [1.82, 2.24) is 20.7 Å². The van der Waals surface area contributed by atoms with E-state index in [9.17, 15) is 19.5 Å². The van der Waals surface area contributed by atoms with E-state index in [1.54, 1.807) is 43.9 Å². The predicted octanol–water partition coefficient (Wildman–Crippen LogP) is 2.94. The summed E-state index contributed by atoms with van der Waals surface area (Å²) in [6.45, 7) is 12.8. The van der Waals surface area contributed by atoms with Crippen molar-refractivity contribution in [1.29, 1.82) is 0 Å². The predicted molar refractivity (Wildman–Crippen MR) is 111 cm³/mol. The monoisotopic (exact) mass is 402 g/mol. The Hall–Kier alpha value is -3.03. The van der Waals surface area contributed by atoms with Crippen LogP contribution in [0.15, 0.2) is 18.2 Å². The molecule has 1 aromatic heterocycles. The minimum atomic E-state index is -0.666. The molecule has 0 radical (unpaired) electrons. The third kappa shape index (κ3) is 4.52. The first-order valence-electron chi connectivity index (χ1n) is 9.63. The number of nitrogens with one attached hydrogen (secondary N) is 3. The van der Waals surface area contributed by atoms with Gasteiger partial charge in [0.2, 0.25) is 5.91 Å². The topological polar surface area (TPSA) is 115 Å². The average molecular weight is 402 g/mol. The number of H-pyrrole nitrogens is 1. The standard InChI is InChI=1S/C21H30N4O4/c1-11(2)25(12(3)4)19(28)16-17(26)13-9-8-10-14(15(13)22-16)18(27)23-24-20(29)21(5,6)7/h8-12,22,26H,1-7H3,(H,23,27)(H,24,29). The molecule has 0 saturated carbocycles. The fourth-order valence-corrected chi connectivity index (χ4v) is 3.11. The molecule has 0 atom stereocenters. The van der Waals surface area contributed by atoms with Crippen molar-refractivity contribution in [3.05, 3.63) is 29.5 Å². The molecule has 0 aliphatic rings. The van der Waals surface area contributed by atoms with Gasteiger partial charge in [0.1, 0.15) is 5.69 Å². The molecule has 0 bridgehead atoms. The van der Waals surface area contributed by atoms with Gasteiger partial charge in [-0.1, -0.05) is 26.8 Å². The van der Waals surface area contributed by atoms with Crippen molar-refractivity contribution >= 4 is 28.6 Å². The molecule has 4 N–H and O–H groups in total. The molecule has 1 heterocycles. The molecule has 3 amide bonds. The molecule has 0 spiro atoms. The van der Waals surface area contributed by atoms with Crippen LogP contribution in [0.1, 0.15) is 69.3 Å². The summed E-state index contributed by atoms with van der Waals surface area (Å²) in [6, 6.07) is 4.64. The number of hydrogen-bond donors (Lipinski definition) is 4. The third-order valence-electron chi connectivity index (χ3n) is 4.58. The van der Waals surface area contributed by atoms with Gasteiger partial charge >= 0.3 is 0 Å². The Morgan fingerprint density at radius 2 is 1.62 bits per heavy atom. The Morgan fingerprint density at radius 1 is 1.03 bits per heavy atom. The molecule has 2 aromatic rings. The molecule has 158 valence electrons. The molecular weight excluding hydrogens is 372 g/mol. The number of rotatable bonds is 4. The number of benzene rings is 1. The van der Waals surface area contributed by atoms with E-state index >= 15 is 0 Å². The van der Waals surface area contributed by atoms with Gasteiger partial charge in [-0.25, -0.2) is 0 Å². The van der Waals surface area contributed by atoms with Crippen LogP contribution in [0.5, 0.6) is 5.75 Å². The Morgan fingerprint density at radius 3 is 2.14 bits per heavy atom. The van der Waals surface area contributed by atoms with Crippen LogP contribution in [0.2, 0.25) is 0 Å². The Labute approximate surface area is 170 Å². The summed E-state index contributed by atoms with van der Waals surface area (Å²) < 4.78 is 0. The molecule has 1 aromatic carbocycles. The Kier molecular flexibility index (Phi) is 6.25. The second kappa shape index (κ2) is 8.14. The van der Waals surface area contributed by atoms with E-state index in [4.69, 9.17) is 0 Å². The number of nitrogens with zero attached hydrogens (tertiary/aromatic N) is 1. The highest BCUT2D eigenvalue weighted by atomic mass is 16.3. The van der Waals surface area contributed by atoms with Gasteiger partial charge in [-0.05, 0) is 39.8 Å². The number of para-hydroxylation sites is 1. The summed E-state index contributed by atoms with van der Waals surface area (Å²) in [5, 5.41) is 11.0. The van der Waals surface area contributed by atoms with Crippen LogP contribution >= 0.6 is 0 Å². The summed E-state index contributed by atoms with van der Waals surface area (Å²) in [5.74, 6) is -1.45. The lowest BCUT2D eigenvalue weighted by atomic mass is 9.96. The maximum absolute atomic E-state index is 13.0. The van der Waals surface area contributed by atoms with E-state index in [0.717, 1.165) is 0 Å². The number of aromatic amines is 1. The highest BCUT2D eigenvalue weighted by Crippen LogP contribution is 2.32. The van der Waals surface area contributed by atoms with Crippen LogP contribution in [-0.4, -0.2) is 44.8 Å². The van der Waals surface area contributed by atoms with Crippen LogP contribution in [0, 0.1) is 5.41 Å². The SMILES string of the molecule is CC(C)N(C(=O)c1[nH]c2c(C(=O)NNC(=O)C(C)(C)C)cccc2c1O)C(C)C. The molecule has 8 heteroatoms. The molecular formula is C21H30N4O4. The van der Waals surface area contributed by atoms with Gasteiger partial charge in [0.15, 0.2) is 5.75 Å². The lowest BCUT2D eigenvalue weighted by Gasteiger charge is -2.30. The number of aromatic nitrogens is 1. The molecule has 0 aliphatic heterocycles. The summed E-state index contributed by atoms with van der Waals surface area (Å²) in [7, 11) is 0. The smallest absolute Gasteiger partial charge is 0.274 e. The number of aromatic hydroxyl groups is 1. The van der Waals surface area contributed by atoms with Gasteiger partial charge in [0.25, 0.3) is 11.8 Å². The van der Waals surface area contributed by atoms with Crippen LogP contribution in [0.3, 0.4) is 0 Å². The van der Waals surface area contributed by atoms with Crippen molar-refractivity contribution in [2.24, 2.45) is 5.41 Å². The largest absolute Gasteiger partial charge is 0.505 e. The van der Waals surface area contributed by atoms with E-state index in [2.05, 4.69) is 15.8 Å². The molecule has 8 nitrogen and oxygen atoms in total. The molecule has 2 rings (SSSR count). The van der Waals surface area contributed by atoms with E-state index < -0.39 is 11.3 Å². The van der Waals surface area contributed by atoms with Gasteiger partial charge in [0, 0.05) is 22.9 Å². The van der Waals surface area contributed by atoms with Crippen LogP contribution in [0.25, 0.3) is 10.9 Å². The summed E-state index contributed by atoms with van der Waals surface area (Å²) >= 11 is 0. The number of hydrogen-bond acceptors (Lipinski definition) is 4. The number of amides is 3. The fourth-order valence-electron chi connectivity index (χ4n) is 3.11. The van der Waals surface area contributed by atoms with Gasteiger partial charge in [-0.15, -0.1) is 0 Å². The highest BCUT2D eigenvalue weighted by molar-refractivity contribution is 6.11. The number of hydrazine groups is 1. The van der Waals surface area contributed by atoms with E-state index in [1.807, 2.05) is 27.7 Å². The van der Waals surface area contributed by atoms with E-state index in [-0.39, 0.29) is 40.9 Å². The number of carbonyl (C=O) groups is 3. The summed E-state index contributed by atoms with van der Waals surface area (Å²) in [6.07, 6.45) is 0. The van der Waals surface area contributed by atoms with Crippen molar-refractivity contribution in [3.63, 3.8) is 0 Å². The minimum Gasteiger partial charge on any atom is -0.505 e. The van der Waals surface area contributed by atoms with Gasteiger partial charge < -0.3 is 15.0 Å². The van der Waals surface area contributed by atoms with E-state index in [0.29, 0.717) is 10.9 Å². The maximum Gasteiger partial charge on any atom is 0.274 e. The Balaban J connectivity index is 2.41. The first kappa shape index (κ1) is 22.3. The number of carbonyl (C=O) groups excluding carboxylic acids is 3. The molecule has 29 heavy (non-hydrogen) atoms.